The largest absolute Gasteiger partial charge is 0.355 e. The number of nitro groups is 1. The van der Waals surface area contributed by atoms with Gasteiger partial charge in [0, 0.05) is 23.3 Å². The van der Waals surface area contributed by atoms with Gasteiger partial charge in [0.05, 0.1) is 11.0 Å². The number of pyridine rings is 1. The van der Waals surface area contributed by atoms with Crippen molar-refractivity contribution in [1.82, 2.24) is 9.97 Å². The molecule has 0 fully saturated rings. The summed E-state index contributed by atoms with van der Waals surface area (Å²) in [7, 11) is 0. The van der Waals surface area contributed by atoms with Gasteiger partial charge < -0.3 is 5.32 Å². The summed E-state index contributed by atoms with van der Waals surface area (Å²) >= 11 is 1.61. The van der Waals surface area contributed by atoms with Crippen LogP contribution >= 0.6 is 11.3 Å². The fourth-order valence-corrected chi connectivity index (χ4v) is 2.62. The first-order valence-electron chi connectivity index (χ1n) is 6.33. The standard InChI is InChI=1S/C13H16N4O2S/c1-4-10-7-15-13(20-10)9(3)16-12-11(17(18)19)5-8(2)6-14-12/h5-7,9H,4H2,1-3H3,(H,14,16). The van der Waals surface area contributed by atoms with E-state index >= 15 is 0 Å². The molecule has 0 aliphatic heterocycles. The van der Waals surface area contributed by atoms with Crippen molar-refractivity contribution in [3.8, 4) is 0 Å². The molecular formula is C13H16N4O2S. The van der Waals surface area contributed by atoms with Gasteiger partial charge >= 0.3 is 5.69 Å². The minimum absolute atomic E-state index is 0.0101. The van der Waals surface area contributed by atoms with Crippen molar-refractivity contribution in [2.45, 2.75) is 33.2 Å². The van der Waals surface area contributed by atoms with Crippen molar-refractivity contribution < 1.29 is 4.92 Å². The van der Waals surface area contributed by atoms with Crippen LogP contribution in [0, 0.1) is 17.0 Å². The minimum atomic E-state index is -0.422. The number of rotatable bonds is 5. The van der Waals surface area contributed by atoms with E-state index in [0.29, 0.717) is 0 Å². The highest BCUT2D eigenvalue weighted by molar-refractivity contribution is 7.11. The first kappa shape index (κ1) is 14.4. The molecule has 0 amide bonds. The van der Waals surface area contributed by atoms with E-state index in [2.05, 4.69) is 22.2 Å². The topological polar surface area (TPSA) is 81.0 Å². The molecule has 0 aromatic carbocycles. The first-order valence-corrected chi connectivity index (χ1v) is 7.15. The van der Waals surface area contributed by atoms with Crippen LogP contribution in [0.5, 0.6) is 0 Å². The number of hydrogen-bond donors (Lipinski definition) is 1. The lowest BCUT2D eigenvalue weighted by Crippen LogP contribution is -2.09. The lowest BCUT2D eigenvalue weighted by Gasteiger charge is -2.12. The summed E-state index contributed by atoms with van der Waals surface area (Å²) < 4.78 is 0. The molecule has 0 saturated heterocycles. The normalized spacial score (nSPS) is 12.2. The third-order valence-electron chi connectivity index (χ3n) is 2.84. The van der Waals surface area contributed by atoms with Gasteiger partial charge in [-0.15, -0.1) is 11.3 Å². The van der Waals surface area contributed by atoms with E-state index in [4.69, 9.17) is 0 Å². The molecule has 2 aromatic rings. The zero-order chi connectivity index (χ0) is 14.7. The van der Waals surface area contributed by atoms with Crippen LogP contribution in [0.25, 0.3) is 0 Å². The van der Waals surface area contributed by atoms with Crippen LogP contribution < -0.4 is 5.32 Å². The number of anilines is 1. The van der Waals surface area contributed by atoms with Crippen LogP contribution in [0.3, 0.4) is 0 Å². The van der Waals surface area contributed by atoms with Crippen LogP contribution in [0.15, 0.2) is 18.5 Å². The minimum Gasteiger partial charge on any atom is -0.355 e. The average Bonchev–Trinajstić information content (AvgIpc) is 2.89. The Morgan fingerprint density at radius 1 is 1.45 bits per heavy atom. The number of aromatic nitrogens is 2. The molecule has 0 bridgehead atoms. The van der Waals surface area contributed by atoms with Gasteiger partial charge in [-0.3, -0.25) is 10.1 Å². The van der Waals surface area contributed by atoms with Gasteiger partial charge in [0.25, 0.3) is 0 Å². The van der Waals surface area contributed by atoms with Crippen LogP contribution in [-0.2, 0) is 6.42 Å². The van der Waals surface area contributed by atoms with Crippen LogP contribution in [-0.4, -0.2) is 14.9 Å². The summed E-state index contributed by atoms with van der Waals surface area (Å²) in [6.07, 6.45) is 4.39. The monoisotopic (exact) mass is 292 g/mol. The maximum atomic E-state index is 11.1. The van der Waals surface area contributed by atoms with Crippen molar-refractivity contribution in [1.29, 1.82) is 0 Å². The highest BCUT2D eigenvalue weighted by Crippen LogP contribution is 2.28. The average molecular weight is 292 g/mol. The lowest BCUT2D eigenvalue weighted by atomic mass is 10.2. The maximum Gasteiger partial charge on any atom is 0.311 e. The van der Waals surface area contributed by atoms with E-state index in [1.807, 2.05) is 13.1 Å². The van der Waals surface area contributed by atoms with Crippen LogP contribution in [0.1, 0.15) is 35.3 Å². The molecule has 106 valence electrons. The Morgan fingerprint density at radius 3 is 2.80 bits per heavy atom. The molecule has 20 heavy (non-hydrogen) atoms. The third kappa shape index (κ3) is 3.11. The van der Waals surface area contributed by atoms with Gasteiger partial charge in [0.15, 0.2) is 0 Å². The van der Waals surface area contributed by atoms with Gasteiger partial charge in [-0.2, -0.15) is 0 Å². The van der Waals surface area contributed by atoms with E-state index in [1.165, 1.54) is 10.9 Å². The van der Waals surface area contributed by atoms with Gasteiger partial charge in [0.2, 0.25) is 5.82 Å². The Bertz CT molecular complexity index is 627. The summed E-state index contributed by atoms with van der Waals surface area (Å²) in [4.78, 5) is 20.3. The molecule has 0 saturated carbocycles. The zero-order valence-corrected chi connectivity index (χ0v) is 12.4. The maximum absolute atomic E-state index is 11.1. The second-order valence-electron chi connectivity index (χ2n) is 4.52. The quantitative estimate of drug-likeness (QED) is 0.674. The predicted octanol–water partition coefficient (Wildman–Crippen LogP) is 3.49. The smallest absolute Gasteiger partial charge is 0.311 e. The van der Waals surface area contributed by atoms with Crippen molar-refractivity contribution in [3.05, 3.63) is 44.0 Å². The molecular weight excluding hydrogens is 276 g/mol. The van der Waals surface area contributed by atoms with E-state index in [-0.39, 0.29) is 17.5 Å². The number of hydrogen-bond acceptors (Lipinski definition) is 6. The van der Waals surface area contributed by atoms with Crippen molar-refractivity contribution >= 4 is 22.8 Å². The molecule has 0 aliphatic carbocycles. The molecule has 0 aliphatic rings. The number of nitrogens with zero attached hydrogens (tertiary/aromatic N) is 3. The summed E-state index contributed by atoms with van der Waals surface area (Å²) in [5.41, 5.74) is 0.751. The van der Waals surface area contributed by atoms with Crippen molar-refractivity contribution in [2.24, 2.45) is 0 Å². The molecule has 7 heteroatoms. The summed E-state index contributed by atoms with van der Waals surface area (Å²) in [5, 5.41) is 15.0. The molecule has 6 nitrogen and oxygen atoms in total. The second-order valence-corrected chi connectivity index (χ2v) is 5.67. The molecule has 2 heterocycles. The molecule has 2 aromatic heterocycles. The predicted molar refractivity (Wildman–Crippen MR) is 79.2 cm³/mol. The fraction of sp³-hybridized carbons (Fsp3) is 0.385. The van der Waals surface area contributed by atoms with E-state index < -0.39 is 4.92 Å². The number of thiazole rings is 1. The molecule has 0 spiro atoms. The third-order valence-corrected chi connectivity index (χ3v) is 4.17. The number of nitrogens with one attached hydrogen (secondary N) is 1. The van der Waals surface area contributed by atoms with E-state index in [0.717, 1.165) is 17.0 Å². The van der Waals surface area contributed by atoms with E-state index in [9.17, 15) is 10.1 Å². The highest BCUT2D eigenvalue weighted by atomic mass is 32.1. The Kier molecular flexibility index (Phi) is 4.29. The molecule has 2 rings (SSSR count). The summed E-state index contributed by atoms with van der Waals surface area (Å²) in [6.45, 7) is 5.77. The Hall–Kier alpha value is -2.02. The molecule has 1 atom stereocenters. The van der Waals surface area contributed by atoms with Gasteiger partial charge in [-0.25, -0.2) is 9.97 Å². The van der Waals surface area contributed by atoms with E-state index in [1.54, 1.807) is 24.5 Å². The SMILES string of the molecule is CCc1cnc(C(C)Nc2ncc(C)cc2[N+](=O)[O-])s1. The second kappa shape index (κ2) is 5.96. The van der Waals surface area contributed by atoms with Gasteiger partial charge in [-0.05, 0) is 25.8 Å². The summed E-state index contributed by atoms with van der Waals surface area (Å²) in [5.74, 6) is 0.279. The van der Waals surface area contributed by atoms with Gasteiger partial charge in [0.1, 0.15) is 5.01 Å². The highest BCUT2D eigenvalue weighted by Gasteiger charge is 2.19. The van der Waals surface area contributed by atoms with Crippen molar-refractivity contribution in [2.75, 3.05) is 5.32 Å². The molecule has 0 radical (unpaired) electrons. The molecule has 1 N–H and O–H groups in total. The lowest BCUT2D eigenvalue weighted by molar-refractivity contribution is -0.384. The van der Waals surface area contributed by atoms with Crippen LogP contribution in [0.2, 0.25) is 0 Å². The van der Waals surface area contributed by atoms with Gasteiger partial charge in [-0.1, -0.05) is 6.92 Å². The molecule has 1 unspecified atom stereocenters. The number of aryl methyl sites for hydroxylation is 2. The van der Waals surface area contributed by atoms with Crippen molar-refractivity contribution in [3.63, 3.8) is 0 Å². The fourth-order valence-electron chi connectivity index (χ4n) is 1.76. The van der Waals surface area contributed by atoms with Crippen LogP contribution in [0.4, 0.5) is 11.5 Å². The first-order chi connectivity index (χ1) is 9.51. The summed E-state index contributed by atoms with van der Waals surface area (Å²) in [6, 6.07) is 1.40. The Balaban J connectivity index is 2.23. The zero-order valence-electron chi connectivity index (χ0n) is 11.6. The Labute approximate surface area is 121 Å². The Morgan fingerprint density at radius 2 is 2.20 bits per heavy atom.